The fourth-order valence-corrected chi connectivity index (χ4v) is 1.66. The summed E-state index contributed by atoms with van der Waals surface area (Å²) in [6, 6.07) is 10.1. The molecule has 0 aliphatic heterocycles. The molecule has 86 valence electrons. The van der Waals surface area contributed by atoms with Gasteiger partial charge in [-0.3, -0.25) is 0 Å². The van der Waals surface area contributed by atoms with E-state index in [4.69, 9.17) is 5.26 Å². The molecule has 2 atom stereocenters. The Kier molecular flexibility index (Phi) is 4.52. The molecule has 2 unspecified atom stereocenters. The highest BCUT2D eigenvalue weighted by Crippen LogP contribution is 2.25. The molecular formula is C14H19NO. The van der Waals surface area contributed by atoms with Crippen LogP contribution >= 0.6 is 0 Å². The lowest BCUT2D eigenvalue weighted by Crippen LogP contribution is -2.08. The molecule has 0 heterocycles. The fourth-order valence-electron chi connectivity index (χ4n) is 1.66. The van der Waals surface area contributed by atoms with Crippen LogP contribution in [0, 0.1) is 17.2 Å². The van der Waals surface area contributed by atoms with Gasteiger partial charge in [-0.15, -0.1) is 0 Å². The van der Waals surface area contributed by atoms with Gasteiger partial charge in [0.15, 0.2) is 0 Å². The number of aliphatic hydroxyl groups excluding tert-OH is 1. The molecule has 16 heavy (non-hydrogen) atoms. The SMILES string of the molecule is CC(C)c1ccc(C(O)C(C)CC#N)cc1. The highest BCUT2D eigenvalue weighted by atomic mass is 16.3. The van der Waals surface area contributed by atoms with E-state index >= 15 is 0 Å². The molecule has 1 rings (SSSR count). The van der Waals surface area contributed by atoms with Crippen molar-refractivity contribution in [3.8, 4) is 6.07 Å². The minimum atomic E-state index is -0.541. The summed E-state index contributed by atoms with van der Waals surface area (Å²) in [7, 11) is 0. The predicted octanol–water partition coefficient (Wildman–Crippen LogP) is 3.39. The van der Waals surface area contributed by atoms with Gasteiger partial charge < -0.3 is 5.11 Å². The molecule has 0 spiro atoms. The third kappa shape index (κ3) is 3.08. The highest BCUT2D eigenvalue weighted by Gasteiger charge is 2.15. The number of nitriles is 1. The molecule has 0 saturated heterocycles. The third-order valence-electron chi connectivity index (χ3n) is 2.90. The molecule has 1 aromatic carbocycles. The molecule has 0 radical (unpaired) electrons. The van der Waals surface area contributed by atoms with E-state index in [0.717, 1.165) is 5.56 Å². The maximum absolute atomic E-state index is 10.00. The molecule has 0 aliphatic carbocycles. The first-order valence-electron chi connectivity index (χ1n) is 5.71. The van der Waals surface area contributed by atoms with Crippen molar-refractivity contribution in [3.05, 3.63) is 35.4 Å². The monoisotopic (exact) mass is 217 g/mol. The van der Waals surface area contributed by atoms with Crippen LogP contribution in [-0.4, -0.2) is 5.11 Å². The van der Waals surface area contributed by atoms with Crippen LogP contribution in [0.3, 0.4) is 0 Å². The van der Waals surface area contributed by atoms with Crippen LogP contribution in [0.15, 0.2) is 24.3 Å². The van der Waals surface area contributed by atoms with Crippen molar-refractivity contribution < 1.29 is 5.11 Å². The second-order valence-electron chi connectivity index (χ2n) is 4.61. The predicted molar refractivity (Wildman–Crippen MR) is 64.9 cm³/mol. The summed E-state index contributed by atoms with van der Waals surface area (Å²) in [5.74, 6) is 0.484. The van der Waals surface area contributed by atoms with Gasteiger partial charge in [0.25, 0.3) is 0 Å². The molecule has 0 aliphatic rings. The van der Waals surface area contributed by atoms with Crippen molar-refractivity contribution in [1.29, 1.82) is 5.26 Å². The molecular weight excluding hydrogens is 198 g/mol. The average Bonchev–Trinajstić information content (AvgIpc) is 2.28. The summed E-state index contributed by atoms with van der Waals surface area (Å²) in [6.45, 7) is 6.18. The molecule has 2 heteroatoms. The number of nitrogens with zero attached hydrogens (tertiary/aromatic N) is 1. The van der Waals surface area contributed by atoms with Crippen LogP contribution in [0.4, 0.5) is 0 Å². The summed E-state index contributed by atoms with van der Waals surface area (Å²) in [4.78, 5) is 0. The van der Waals surface area contributed by atoms with Gasteiger partial charge in [-0.2, -0.15) is 5.26 Å². The largest absolute Gasteiger partial charge is 0.388 e. The number of hydrogen-bond acceptors (Lipinski definition) is 2. The first-order valence-corrected chi connectivity index (χ1v) is 5.71. The molecule has 0 saturated carbocycles. The van der Waals surface area contributed by atoms with Crippen molar-refractivity contribution in [1.82, 2.24) is 0 Å². The molecule has 0 bridgehead atoms. The van der Waals surface area contributed by atoms with Gasteiger partial charge in [0.2, 0.25) is 0 Å². The number of hydrogen-bond donors (Lipinski definition) is 1. The number of benzene rings is 1. The van der Waals surface area contributed by atoms with Gasteiger partial charge >= 0.3 is 0 Å². The van der Waals surface area contributed by atoms with Crippen LogP contribution in [0.2, 0.25) is 0 Å². The van der Waals surface area contributed by atoms with Crippen LogP contribution in [0.5, 0.6) is 0 Å². The second-order valence-corrected chi connectivity index (χ2v) is 4.61. The Morgan fingerprint density at radius 2 is 1.62 bits per heavy atom. The van der Waals surface area contributed by atoms with E-state index in [-0.39, 0.29) is 5.92 Å². The summed E-state index contributed by atoms with van der Waals surface area (Å²) in [5, 5.41) is 18.6. The first kappa shape index (κ1) is 12.7. The van der Waals surface area contributed by atoms with E-state index in [1.165, 1.54) is 5.56 Å². The van der Waals surface area contributed by atoms with Gasteiger partial charge in [-0.05, 0) is 23.0 Å². The Morgan fingerprint density at radius 3 is 2.06 bits per heavy atom. The van der Waals surface area contributed by atoms with E-state index in [1.54, 1.807) is 0 Å². The van der Waals surface area contributed by atoms with Gasteiger partial charge in [0, 0.05) is 6.42 Å². The summed E-state index contributed by atoms with van der Waals surface area (Å²) in [5.41, 5.74) is 2.16. The Hall–Kier alpha value is -1.33. The van der Waals surface area contributed by atoms with Crippen LogP contribution < -0.4 is 0 Å². The van der Waals surface area contributed by atoms with Gasteiger partial charge in [0.05, 0.1) is 12.2 Å². The molecule has 0 aromatic heterocycles. The second kappa shape index (κ2) is 5.67. The average molecular weight is 217 g/mol. The lowest BCUT2D eigenvalue weighted by molar-refractivity contribution is 0.120. The fraction of sp³-hybridized carbons (Fsp3) is 0.500. The van der Waals surface area contributed by atoms with Crippen molar-refractivity contribution in [3.63, 3.8) is 0 Å². The van der Waals surface area contributed by atoms with Gasteiger partial charge in [-0.1, -0.05) is 45.0 Å². The molecule has 0 amide bonds. The zero-order valence-electron chi connectivity index (χ0n) is 10.1. The Morgan fingerprint density at radius 1 is 1.12 bits per heavy atom. The molecule has 0 fully saturated rings. The zero-order chi connectivity index (χ0) is 12.1. The minimum absolute atomic E-state index is 0.0186. The third-order valence-corrected chi connectivity index (χ3v) is 2.90. The van der Waals surface area contributed by atoms with Crippen molar-refractivity contribution >= 4 is 0 Å². The molecule has 2 nitrogen and oxygen atoms in total. The lowest BCUT2D eigenvalue weighted by Gasteiger charge is -2.17. The van der Waals surface area contributed by atoms with Crippen LogP contribution in [0.1, 0.15) is 50.3 Å². The number of aliphatic hydroxyl groups is 1. The van der Waals surface area contributed by atoms with Crippen molar-refractivity contribution in [2.75, 3.05) is 0 Å². The topological polar surface area (TPSA) is 44.0 Å². The molecule has 1 N–H and O–H groups in total. The van der Waals surface area contributed by atoms with Crippen LogP contribution in [0.25, 0.3) is 0 Å². The normalized spacial score (nSPS) is 14.5. The standard InChI is InChI=1S/C14H19NO/c1-10(2)12-4-6-13(7-5-12)14(16)11(3)8-9-15/h4-7,10-11,14,16H,8H2,1-3H3. The maximum atomic E-state index is 10.00. The van der Waals surface area contributed by atoms with E-state index in [9.17, 15) is 5.11 Å². The Balaban J connectivity index is 2.78. The van der Waals surface area contributed by atoms with Gasteiger partial charge in [0.1, 0.15) is 0 Å². The summed E-state index contributed by atoms with van der Waals surface area (Å²) < 4.78 is 0. The lowest BCUT2D eigenvalue weighted by atomic mass is 9.93. The Labute approximate surface area is 97.5 Å². The van der Waals surface area contributed by atoms with E-state index < -0.39 is 6.10 Å². The minimum Gasteiger partial charge on any atom is -0.388 e. The van der Waals surface area contributed by atoms with E-state index in [1.807, 2.05) is 31.2 Å². The van der Waals surface area contributed by atoms with Gasteiger partial charge in [-0.25, -0.2) is 0 Å². The maximum Gasteiger partial charge on any atom is 0.0825 e. The summed E-state index contributed by atoms with van der Waals surface area (Å²) >= 11 is 0. The first-order chi connectivity index (χ1) is 7.56. The zero-order valence-corrected chi connectivity index (χ0v) is 10.1. The van der Waals surface area contributed by atoms with E-state index in [0.29, 0.717) is 12.3 Å². The number of rotatable bonds is 4. The molecule has 1 aromatic rings. The van der Waals surface area contributed by atoms with Crippen LogP contribution in [-0.2, 0) is 0 Å². The summed E-state index contributed by atoms with van der Waals surface area (Å²) in [6.07, 6.45) is -0.159. The smallest absolute Gasteiger partial charge is 0.0825 e. The highest BCUT2D eigenvalue weighted by molar-refractivity contribution is 5.26. The Bertz CT molecular complexity index is 361. The van der Waals surface area contributed by atoms with Crippen molar-refractivity contribution in [2.24, 2.45) is 5.92 Å². The van der Waals surface area contributed by atoms with E-state index in [2.05, 4.69) is 19.9 Å². The van der Waals surface area contributed by atoms with Crippen molar-refractivity contribution in [2.45, 2.75) is 39.2 Å². The quantitative estimate of drug-likeness (QED) is 0.840.